The summed E-state index contributed by atoms with van der Waals surface area (Å²) in [7, 11) is 0. The van der Waals surface area contributed by atoms with Crippen LogP contribution in [0, 0.1) is 5.41 Å². The van der Waals surface area contributed by atoms with E-state index in [1.807, 2.05) is 13.8 Å². The summed E-state index contributed by atoms with van der Waals surface area (Å²) in [6, 6.07) is 0. The van der Waals surface area contributed by atoms with Gasteiger partial charge in [-0.25, -0.2) is 0 Å². The monoisotopic (exact) mass is 578 g/mol. The van der Waals surface area contributed by atoms with Gasteiger partial charge in [0.1, 0.15) is 16.1 Å². The van der Waals surface area contributed by atoms with Crippen LogP contribution >= 0.6 is 23.5 Å². The van der Waals surface area contributed by atoms with E-state index in [2.05, 4.69) is 32.6 Å². The van der Waals surface area contributed by atoms with E-state index < -0.39 is 22.4 Å². The maximum Gasteiger partial charge on any atom is 0.319 e. The van der Waals surface area contributed by atoms with Crippen LogP contribution in [0.1, 0.15) is 107 Å². The number of thioether (sulfide) groups is 2. The van der Waals surface area contributed by atoms with Crippen molar-refractivity contribution in [2.45, 2.75) is 128 Å². The van der Waals surface area contributed by atoms with E-state index in [1.165, 1.54) is 11.8 Å². The molecule has 0 aromatic heterocycles. The van der Waals surface area contributed by atoms with Crippen LogP contribution in [-0.2, 0) is 14.3 Å². The number of hydrogen-bond acceptors (Lipinski definition) is 8. The Hall–Kier alpha value is -0.480. The number of aliphatic hydroxyl groups is 1. The Bertz CT molecular complexity index is 668. The number of unbranched alkanes of at least 4 members (excludes halogenated alkanes) is 1. The van der Waals surface area contributed by atoms with E-state index in [9.17, 15) is 19.8 Å². The average Bonchev–Trinajstić information content (AvgIpc) is 2.80. The topological polar surface area (TPSA) is 113 Å². The van der Waals surface area contributed by atoms with Gasteiger partial charge >= 0.3 is 11.9 Å². The molecule has 2 atom stereocenters. The number of nitrogens with two attached hydrogens (primary N) is 1. The van der Waals surface area contributed by atoms with Crippen molar-refractivity contribution in [1.82, 2.24) is 4.90 Å². The van der Waals surface area contributed by atoms with Crippen LogP contribution in [0.25, 0.3) is 0 Å². The second kappa shape index (κ2) is 18.8. The third-order valence-corrected chi connectivity index (χ3v) is 10.0. The van der Waals surface area contributed by atoms with Crippen LogP contribution in [0.3, 0.4) is 0 Å². The molecule has 0 bridgehead atoms. The minimum atomic E-state index is -0.749. The van der Waals surface area contributed by atoms with Gasteiger partial charge in [0, 0.05) is 30.0 Å². The number of carboxylic acids is 1. The van der Waals surface area contributed by atoms with Gasteiger partial charge in [-0.3, -0.25) is 9.59 Å². The van der Waals surface area contributed by atoms with Crippen molar-refractivity contribution in [2.75, 3.05) is 37.7 Å². The lowest BCUT2D eigenvalue weighted by molar-refractivity contribution is -0.168. The lowest BCUT2D eigenvalue weighted by Gasteiger charge is -2.42. The quantitative estimate of drug-likeness (QED) is 0.102. The van der Waals surface area contributed by atoms with E-state index in [4.69, 9.17) is 10.5 Å². The molecule has 0 aromatic carbocycles. The fourth-order valence-electron chi connectivity index (χ4n) is 4.20. The highest BCUT2D eigenvalue weighted by atomic mass is 32.2. The Kier molecular flexibility index (Phi) is 18.6. The maximum atomic E-state index is 13.2. The van der Waals surface area contributed by atoms with Crippen molar-refractivity contribution in [3.8, 4) is 0 Å². The number of carbonyl (C=O) groups excluding carboxylic acids is 1. The second-order valence-electron chi connectivity index (χ2n) is 12.0. The molecule has 9 heteroatoms. The molecule has 0 aromatic rings. The van der Waals surface area contributed by atoms with Crippen molar-refractivity contribution in [3.05, 3.63) is 0 Å². The average molecular weight is 579 g/mol. The molecule has 0 aliphatic heterocycles. The summed E-state index contributed by atoms with van der Waals surface area (Å²) in [5, 5.41) is 19.0. The Morgan fingerprint density at radius 2 is 1.50 bits per heavy atom. The molecule has 0 spiro atoms. The SMILES string of the molecule is CCCN(CC)CCSC(CCCC(C)(C)C(C)(C)OC(=O)C(CCCCC(C)(C)O)SCCN)C(=O)O. The molecule has 0 fully saturated rings. The van der Waals surface area contributed by atoms with Crippen LogP contribution in [0.4, 0.5) is 0 Å². The van der Waals surface area contributed by atoms with Crippen molar-refractivity contribution >= 4 is 35.5 Å². The normalized spacial score (nSPS) is 14.5. The number of aliphatic carboxylic acids is 1. The summed E-state index contributed by atoms with van der Waals surface area (Å²) in [6.45, 7) is 19.5. The zero-order chi connectivity index (χ0) is 29.4. The summed E-state index contributed by atoms with van der Waals surface area (Å²) < 4.78 is 6.11. The lowest BCUT2D eigenvalue weighted by atomic mass is 9.73. The van der Waals surface area contributed by atoms with Crippen molar-refractivity contribution in [1.29, 1.82) is 0 Å². The van der Waals surface area contributed by atoms with Crippen molar-refractivity contribution in [3.63, 3.8) is 0 Å². The molecule has 4 N–H and O–H groups in total. The molecule has 0 rings (SSSR count). The molecule has 0 aliphatic carbocycles. The minimum Gasteiger partial charge on any atom is -0.480 e. The molecule has 38 heavy (non-hydrogen) atoms. The number of hydrogen-bond donors (Lipinski definition) is 3. The highest BCUT2D eigenvalue weighted by Crippen LogP contribution is 2.40. The molecular weight excluding hydrogens is 520 g/mol. The van der Waals surface area contributed by atoms with Gasteiger partial charge in [-0.2, -0.15) is 0 Å². The van der Waals surface area contributed by atoms with Crippen molar-refractivity contribution < 1.29 is 24.5 Å². The Morgan fingerprint density at radius 3 is 2.03 bits per heavy atom. The highest BCUT2D eigenvalue weighted by Gasteiger charge is 2.41. The molecular formula is C29H58N2O5S2. The summed E-state index contributed by atoms with van der Waals surface area (Å²) in [5.41, 5.74) is 3.98. The van der Waals surface area contributed by atoms with Crippen molar-refractivity contribution in [2.24, 2.45) is 11.1 Å². The molecule has 0 saturated heterocycles. The predicted octanol–water partition coefficient (Wildman–Crippen LogP) is 5.81. The van der Waals surface area contributed by atoms with Gasteiger partial charge in [-0.05, 0) is 72.9 Å². The Labute approximate surface area is 241 Å². The summed E-state index contributed by atoms with van der Waals surface area (Å²) in [6.07, 6.45) is 6.31. The van der Waals surface area contributed by atoms with E-state index >= 15 is 0 Å². The molecule has 7 nitrogen and oxygen atoms in total. The number of ether oxygens (including phenoxy) is 1. The van der Waals surface area contributed by atoms with Crippen LogP contribution in [-0.4, -0.2) is 86.4 Å². The second-order valence-corrected chi connectivity index (χ2v) is 14.7. The summed E-state index contributed by atoms with van der Waals surface area (Å²) in [4.78, 5) is 27.4. The van der Waals surface area contributed by atoms with Gasteiger partial charge in [0.15, 0.2) is 0 Å². The van der Waals surface area contributed by atoms with E-state index in [0.717, 1.165) is 57.5 Å². The van der Waals surface area contributed by atoms with Gasteiger partial charge in [0.25, 0.3) is 0 Å². The molecule has 0 saturated carbocycles. The molecule has 0 aliphatic rings. The van der Waals surface area contributed by atoms with Crippen LogP contribution < -0.4 is 5.73 Å². The Morgan fingerprint density at radius 1 is 0.895 bits per heavy atom. The van der Waals surface area contributed by atoms with Gasteiger partial charge in [0.05, 0.1) is 5.60 Å². The predicted molar refractivity (Wildman–Crippen MR) is 164 cm³/mol. The largest absolute Gasteiger partial charge is 0.480 e. The lowest BCUT2D eigenvalue weighted by Crippen LogP contribution is -2.45. The molecule has 0 radical (unpaired) electrons. The summed E-state index contributed by atoms with van der Waals surface area (Å²) in [5.74, 6) is 0.546. The molecule has 0 amide bonds. The minimum absolute atomic E-state index is 0.212. The zero-order valence-electron chi connectivity index (χ0n) is 25.5. The van der Waals surface area contributed by atoms with Gasteiger partial charge < -0.3 is 25.6 Å². The first-order chi connectivity index (χ1) is 17.6. The standard InChI is InChI=1S/C29H58N2O5S2/c1-9-19-31(10-2)20-22-38-23(25(32)33)15-13-16-27(3,4)29(7,8)36-26(34)24(37-21-18-30)14-11-12-17-28(5,6)35/h23-24,35H,9-22,30H2,1-8H3,(H,32,33). The number of carbonyl (C=O) groups is 2. The fraction of sp³-hybridized carbons (Fsp3) is 0.931. The van der Waals surface area contributed by atoms with E-state index in [-0.39, 0.29) is 16.6 Å². The van der Waals surface area contributed by atoms with E-state index in [1.54, 1.807) is 25.6 Å². The number of nitrogens with zero attached hydrogens (tertiary/aromatic N) is 1. The van der Waals surface area contributed by atoms with Gasteiger partial charge in [0.2, 0.25) is 0 Å². The van der Waals surface area contributed by atoms with Crippen LogP contribution in [0.2, 0.25) is 0 Å². The first-order valence-corrected chi connectivity index (χ1v) is 16.5. The summed E-state index contributed by atoms with van der Waals surface area (Å²) >= 11 is 3.08. The zero-order valence-corrected chi connectivity index (χ0v) is 27.1. The molecule has 0 heterocycles. The van der Waals surface area contributed by atoms with Crippen LogP contribution in [0.5, 0.6) is 0 Å². The molecule has 2 unspecified atom stereocenters. The Balaban J connectivity index is 4.93. The third-order valence-electron chi connectivity index (χ3n) is 7.45. The molecule has 226 valence electrons. The van der Waals surface area contributed by atoms with E-state index in [0.29, 0.717) is 31.6 Å². The van der Waals surface area contributed by atoms with Gasteiger partial charge in [-0.15, -0.1) is 23.5 Å². The first kappa shape index (κ1) is 37.5. The smallest absolute Gasteiger partial charge is 0.319 e. The highest BCUT2D eigenvalue weighted by molar-refractivity contribution is 8.00. The fourth-order valence-corrected chi connectivity index (χ4v) is 6.26. The van der Waals surface area contributed by atoms with Gasteiger partial charge in [-0.1, -0.05) is 47.0 Å². The number of rotatable bonds is 23. The maximum absolute atomic E-state index is 13.2. The number of esters is 1. The van der Waals surface area contributed by atoms with Crippen LogP contribution in [0.15, 0.2) is 0 Å². The first-order valence-electron chi connectivity index (χ1n) is 14.4. The number of carboxylic acid groups (broad SMARTS) is 1. The third kappa shape index (κ3) is 15.9.